The lowest BCUT2D eigenvalue weighted by Gasteiger charge is -2.40. The molecule has 1 N–H and O–H groups in total. The zero-order chi connectivity index (χ0) is 23.1. The quantitative estimate of drug-likeness (QED) is 0.456. The van der Waals surface area contributed by atoms with Crippen LogP contribution in [0.1, 0.15) is 6.92 Å². The lowest BCUT2D eigenvalue weighted by atomic mass is 10.1. The first kappa shape index (κ1) is 21.1. The van der Waals surface area contributed by atoms with Crippen LogP contribution in [0.2, 0.25) is 5.02 Å². The number of piperazine rings is 1. The number of halogens is 2. The molecule has 1 aliphatic rings. The number of amides is 1. The first-order chi connectivity index (χ1) is 16.0. The molecule has 3 aromatic heterocycles. The van der Waals surface area contributed by atoms with Crippen molar-refractivity contribution in [3.8, 4) is 11.6 Å². The van der Waals surface area contributed by atoms with Crippen LogP contribution in [-0.2, 0) is 4.79 Å². The van der Waals surface area contributed by atoms with Gasteiger partial charge in [-0.15, -0.1) is 0 Å². The summed E-state index contributed by atoms with van der Waals surface area (Å²) in [5, 5.41) is 7.71. The summed E-state index contributed by atoms with van der Waals surface area (Å²) in [5.74, 6) is 0.237. The Morgan fingerprint density at radius 1 is 1.33 bits per heavy atom. The number of hydrogen-bond donors (Lipinski definition) is 1. The summed E-state index contributed by atoms with van der Waals surface area (Å²) in [4.78, 5) is 29.1. The largest absolute Gasteiger partial charge is 0.434 e. The van der Waals surface area contributed by atoms with E-state index in [2.05, 4.69) is 36.6 Å². The van der Waals surface area contributed by atoms with Gasteiger partial charge in [0.25, 0.3) is 0 Å². The van der Waals surface area contributed by atoms with Crippen molar-refractivity contribution in [3.05, 3.63) is 54.3 Å². The van der Waals surface area contributed by atoms with Crippen LogP contribution in [0.4, 0.5) is 10.2 Å². The molecule has 1 saturated heterocycles. The molecule has 0 saturated carbocycles. The Bertz CT molecular complexity index is 1390. The fraction of sp³-hybridized carbons (Fsp3) is 0.227. The molecule has 5 rings (SSSR count). The van der Waals surface area contributed by atoms with E-state index in [0.29, 0.717) is 47.3 Å². The second-order valence-electron chi connectivity index (χ2n) is 7.68. The molecule has 0 spiro atoms. The topological polar surface area (TPSA) is 100 Å². The van der Waals surface area contributed by atoms with Gasteiger partial charge in [0.2, 0.25) is 11.8 Å². The summed E-state index contributed by atoms with van der Waals surface area (Å²) in [6, 6.07) is 3.03. The molecule has 1 aromatic carbocycles. The van der Waals surface area contributed by atoms with Gasteiger partial charge in [-0.3, -0.25) is 9.89 Å². The highest BCUT2D eigenvalue weighted by Crippen LogP contribution is 2.39. The molecule has 0 radical (unpaired) electrons. The number of carbonyl (C=O) groups is 1. The SMILES string of the molecule is C=CC(=O)N1CCN(c2ncnc3c(Oc4c(Cl)c(F)cc5[nH]ncc45)nccc23)C[C@H]1C. The van der Waals surface area contributed by atoms with Gasteiger partial charge in [0, 0.05) is 43.3 Å². The zero-order valence-electron chi connectivity index (χ0n) is 17.6. The molecular formula is C22H19ClFN7O2. The predicted octanol–water partition coefficient (Wildman–Crippen LogP) is 3.71. The van der Waals surface area contributed by atoms with Crippen molar-refractivity contribution in [1.82, 2.24) is 30.0 Å². The smallest absolute Gasteiger partial charge is 0.246 e. The maximum Gasteiger partial charge on any atom is 0.246 e. The molecule has 1 fully saturated rings. The number of aromatic amines is 1. The number of benzene rings is 1. The Balaban J connectivity index is 1.53. The Hall–Kier alpha value is -3.79. The number of nitrogens with zero attached hydrogens (tertiary/aromatic N) is 6. The lowest BCUT2D eigenvalue weighted by Crippen LogP contribution is -2.54. The van der Waals surface area contributed by atoms with Crippen molar-refractivity contribution < 1.29 is 13.9 Å². The Kier molecular flexibility index (Phi) is 5.29. The van der Waals surface area contributed by atoms with Crippen LogP contribution in [0, 0.1) is 5.82 Å². The van der Waals surface area contributed by atoms with Gasteiger partial charge in [-0.25, -0.2) is 19.3 Å². The van der Waals surface area contributed by atoms with Gasteiger partial charge < -0.3 is 14.5 Å². The van der Waals surface area contributed by atoms with E-state index in [1.165, 1.54) is 24.7 Å². The molecular weight excluding hydrogens is 449 g/mol. The Morgan fingerprint density at radius 2 is 2.18 bits per heavy atom. The number of hydrogen-bond acceptors (Lipinski definition) is 7. The van der Waals surface area contributed by atoms with Crippen molar-refractivity contribution in [2.75, 3.05) is 24.5 Å². The van der Waals surface area contributed by atoms with E-state index in [9.17, 15) is 9.18 Å². The fourth-order valence-corrected chi connectivity index (χ4v) is 4.27. The molecule has 4 heterocycles. The van der Waals surface area contributed by atoms with E-state index in [4.69, 9.17) is 16.3 Å². The van der Waals surface area contributed by atoms with Gasteiger partial charge in [-0.1, -0.05) is 18.2 Å². The minimum Gasteiger partial charge on any atom is -0.434 e. The number of fused-ring (bicyclic) bond motifs is 2. The molecule has 1 atom stereocenters. The second kappa shape index (κ2) is 8.28. The van der Waals surface area contributed by atoms with Crippen LogP contribution in [0.3, 0.4) is 0 Å². The van der Waals surface area contributed by atoms with E-state index < -0.39 is 5.82 Å². The van der Waals surface area contributed by atoms with Crippen molar-refractivity contribution in [1.29, 1.82) is 0 Å². The van der Waals surface area contributed by atoms with Gasteiger partial charge in [-0.05, 0) is 19.1 Å². The highest BCUT2D eigenvalue weighted by Gasteiger charge is 2.28. The Morgan fingerprint density at radius 3 is 2.97 bits per heavy atom. The molecule has 33 heavy (non-hydrogen) atoms. The summed E-state index contributed by atoms with van der Waals surface area (Å²) in [6.45, 7) is 7.29. The number of pyridine rings is 1. The first-order valence-corrected chi connectivity index (χ1v) is 10.6. The predicted molar refractivity (Wildman–Crippen MR) is 122 cm³/mol. The average molecular weight is 468 g/mol. The molecule has 1 amide bonds. The molecule has 0 unspecified atom stereocenters. The fourth-order valence-electron chi connectivity index (χ4n) is 4.07. The molecule has 4 aromatic rings. The standard InChI is InChI=1S/C22H19ClFN7O2/c1-3-17(32)31-7-6-30(10-12(31)2)21-13-4-5-25-22(19(13)26-11-27-21)33-20-14-9-28-29-16(14)8-15(24)18(20)23/h3-5,8-9,11-12H,1,6-7,10H2,2H3,(H,28,29)/t12-/m1/s1. The van der Waals surface area contributed by atoms with Crippen LogP contribution in [-0.4, -0.2) is 61.6 Å². The summed E-state index contributed by atoms with van der Waals surface area (Å²) in [5.41, 5.74) is 0.903. The number of nitrogens with one attached hydrogen (secondary N) is 1. The molecule has 1 aliphatic heterocycles. The van der Waals surface area contributed by atoms with Crippen LogP contribution in [0.15, 0.2) is 43.5 Å². The number of aromatic nitrogens is 5. The number of rotatable bonds is 4. The van der Waals surface area contributed by atoms with Crippen LogP contribution >= 0.6 is 11.6 Å². The van der Waals surface area contributed by atoms with E-state index in [1.54, 1.807) is 17.2 Å². The number of carbonyl (C=O) groups excluding carboxylic acids is 1. The van der Waals surface area contributed by atoms with Gasteiger partial charge in [0.15, 0.2) is 5.75 Å². The Labute approximate surface area is 192 Å². The normalized spacial score (nSPS) is 16.4. The number of ether oxygens (including phenoxy) is 1. The third-order valence-electron chi connectivity index (χ3n) is 5.68. The van der Waals surface area contributed by atoms with Crippen molar-refractivity contribution in [2.24, 2.45) is 0 Å². The van der Waals surface area contributed by atoms with Gasteiger partial charge >= 0.3 is 0 Å². The molecule has 11 heteroatoms. The number of anilines is 1. The highest BCUT2D eigenvalue weighted by molar-refractivity contribution is 6.33. The van der Waals surface area contributed by atoms with E-state index >= 15 is 0 Å². The van der Waals surface area contributed by atoms with Gasteiger partial charge in [0.05, 0.1) is 17.1 Å². The average Bonchev–Trinajstić information content (AvgIpc) is 3.29. The number of H-pyrrole nitrogens is 1. The van der Waals surface area contributed by atoms with Crippen molar-refractivity contribution in [3.63, 3.8) is 0 Å². The third-order valence-corrected chi connectivity index (χ3v) is 6.03. The monoisotopic (exact) mass is 467 g/mol. The molecule has 9 nitrogen and oxygen atoms in total. The minimum absolute atomic E-state index is 0.0210. The molecule has 0 aliphatic carbocycles. The highest BCUT2D eigenvalue weighted by atomic mass is 35.5. The van der Waals surface area contributed by atoms with Gasteiger partial charge in [-0.2, -0.15) is 5.10 Å². The maximum absolute atomic E-state index is 14.3. The zero-order valence-corrected chi connectivity index (χ0v) is 18.4. The summed E-state index contributed by atoms with van der Waals surface area (Å²) in [6.07, 6.45) is 5.84. The van der Waals surface area contributed by atoms with Crippen molar-refractivity contribution in [2.45, 2.75) is 13.0 Å². The maximum atomic E-state index is 14.3. The lowest BCUT2D eigenvalue weighted by molar-refractivity contribution is -0.128. The van der Waals surface area contributed by atoms with Crippen molar-refractivity contribution >= 4 is 45.1 Å². The first-order valence-electron chi connectivity index (χ1n) is 10.2. The van der Waals surface area contributed by atoms with E-state index in [1.807, 2.05) is 6.92 Å². The van der Waals surface area contributed by atoms with E-state index in [0.717, 1.165) is 0 Å². The van der Waals surface area contributed by atoms with Crippen LogP contribution in [0.5, 0.6) is 11.6 Å². The van der Waals surface area contributed by atoms with Gasteiger partial charge in [0.1, 0.15) is 28.5 Å². The summed E-state index contributed by atoms with van der Waals surface area (Å²) in [7, 11) is 0. The van der Waals surface area contributed by atoms with Crippen LogP contribution < -0.4 is 9.64 Å². The second-order valence-corrected chi connectivity index (χ2v) is 8.05. The van der Waals surface area contributed by atoms with Crippen LogP contribution in [0.25, 0.3) is 21.8 Å². The van der Waals surface area contributed by atoms with E-state index in [-0.39, 0.29) is 28.6 Å². The third kappa shape index (κ3) is 3.62. The molecule has 168 valence electrons. The molecule has 0 bridgehead atoms. The summed E-state index contributed by atoms with van der Waals surface area (Å²) < 4.78 is 20.3. The summed E-state index contributed by atoms with van der Waals surface area (Å²) >= 11 is 6.20. The minimum atomic E-state index is -0.639.